The molecule has 0 aliphatic rings. The van der Waals surface area contributed by atoms with E-state index in [1.165, 1.54) is 12.1 Å². The number of rotatable bonds is 7. The molecule has 1 aromatic rings. The molecule has 0 aliphatic heterocycles. The van der Waals surface area contributed by atoms with Crippen LogP contribution >= 0.6 is 0 Å². The maximum atomic E-state index is 12.1. The molecule has 0 bridgehead atoms. The maximum Gasteiger partial charge on any atom is 0.326 e. The van der Waals surface area contributed by atoms with E-state index in [0.29, 0.717) is 17.7 Å². The molecular weight excluding hydrogens is 310 g/mol. The van der Waals surface area contributed by atoms with Gasteiger partial charge in [0.15, 0.2) is 0 Å². The van der Waals surface area contributed by atoms with Crippen molar-refractivity contribution in [1.82, 2.24) is 10.6 Å². The van der Waals surface area contributed by atoms with Gasteiger partial charge in [-0.2, -0.15) is 0 Å². The van der Waals surface area contributed by atoms with Crippen LogP contribution in [0.5, 0.6) is 0 Å². The summed E-state index contributed by atoms with van der Waals surface area (Å²) in [5.41, 5.74) is 0.876. The van der Waals surface area contributed by atoms with Gasteiger partial charge in [-0.15, -0.1) is 0 Å². The zero-order chi connectivity index (χ0) is 18.3. The van der Waals surface area contributed by atoms with Gasteiger partial charge in [-0.05, 0) is 50.5 Å². The molecule has 0 radical (unpaired) electrons. The first-order valence-electron chi connectivity index (χ1n) is 7.90. The van der Waals surface area contributed by atoms with Crippen molar-refractivity contribution >= 4 is 23.6 Å². The molecule has 1 aromatic carbocycles. The van der Waals surface area contributed by atoms with E-state index in [2.05, 4.69) is 16.0 Å². The first kappa shape index (κ1) is 19.5. The SMILES string of the molecule is CC(C)C[C@@H](NC(=O)c1ccc(NC(=O)NC(C)C)cc1)C(=O)O. The average molecular weight is 335 g/mol. The van der Waals surface area contributed by atoms with Crippen molar-refractivity contribution in [3.05, 3.63) is 29.8 Å². The number of carboxylic acid groups (broad SMARTS) is 1. The van der Waals surface area contributed by atoms with Gasteiger partial charge in [0.2, 0.25) is 0 Å². The zero-order valence-electron chi connectivity index (χ0n) is 14.4. The molecule has 0 aliphatic carbocycles. The lowest BCUT2D eigenvalue weighted by molar-refractivity contribution is -0.139. The van der Waals surface area contributed by atoms with Gasteiger partial charge in [0.25, 0.3) is 5.91 Å². The molecule has 0 spiro atoms. The molecule has 0 aromatic heterocycles. The summed E-state index contributed by atoms with van der Waals surface area (Å²) in [6.45, 7) is 7.49. The molecule has 132 valence electrons. The summed E-state index contributed by atoms with van der Waals surface area (Å²) in [5, 5.41) is 17.0. The smallest absolute Gasteiger partial charge is 0.326 e. The Morgan fingerprint density at radius 3 is 2.04 bits per heavy atom. The number of aliphatic carboxylic acids is 1. The van der Waals surface area contributed by atoms with Crippen LogP contribution in [-0.2, 0) is 4.79 Å². The number of benzene rings is 1. The third-order valence-electron chi connectivity index (χ3n) is 3.14. The fourth-order valence-electron chi connectivity index (χ4n) is 2.07. The molecule has 3 amide bonds. The summed E-state index contributed by atoms with van der Waals surface area (Å²) in [4.78, 5) is 34.9. The Balaban J connectivity index is 2.69. The standard InChI is InChI=1S/C17H25N3O4/c1-10(2)9-14(16(22)23)20-15(21)12-5-7-13(8-6-12)19-17(24)18-11(3)4/h5-8,10-11,14H,9H2,1-4H3,(H,20,21)(H,22,23)(H2,18,19,24)/t14-/m1/s1. The maximum absolute atomic E-state index is 12.1. The molecule has 0 fully saturated rings. The van der Waals surface area contributed by atoms with Crippen molar-refractivity contribution < 1.29 is 19.5 Å². The van der Waals surface area contributed by atoms with Crippen LogP contribution in [0, 0.1) is 5.92 Å². The largest absolute Gasteiger partial charge is 0.480 e. The van der Waals surface area contributed by atoms with Crippen LogP contribution in [-0.4, -0.2) is 35.1 Å². The Kier molecular flexibility index (Phi) is 7.23. The van der Waals surface area contributed by atoms with Gasteiger partial charge in [-0.1, -0.05) is 13.8 Å². The van der Waals surface area contributed by atoms with Crippen molar-refractivity contribution in [3.8, 4) is 0 Å². The summed E-state index contributed by atoms with van der Waals surface area (Å²) in [6, 6.07) is 5.02. The molecule has 4 N–H and O–H groups in total. The number of carbonyl (C=O) groups excluding carboxylic acids is 2. The highest BCUT2D eigenvalue weighted by atomic mass is 16.4. The average Bonchev–Trinajstić information content (AvgIpc) is 2.45. The number of amides is 3. The second-order valence-electron chi connectivity index (χ2n) is 6.32. The fraction of sp³-hybridized carbons (Fsp3) is 0.471. The third kappa shape index (κ3) is 6.68. The lowest BCUT2D eigenvalue weighted by atomic mass is 10.0. The predicted molar refractivity (Wildman–Crippen MR) is 92.1 cm³/mol. The highest BCUT2D eigenvalue weighted by molar-refractivity contribution is 5.97. The summed E-state index contributed by atoms with van der Waals surface area (Å²) < 4.78 is 0. The molecule has 0 unspecified atom stereocenters. The Bertz CT molecular complexity index is 582. The minimum Gasteiger partial charge on any atom is -0.480 e. The van der Waals surface area contributed by atoms with Crippen molar-refractivity contribution in [2.75, 3.05) is 5.32 Å². The summed E-state index contributed by atoms with van der Waals surface area (Å²) in [5.74, 6) is -1.36. The van der Waals surface area contributed by atoms with E-state index in [9.17, 15) is 14.4 Å². The van der Waals surface area contributed by atoms with Gasteiger partial charge in [0.05, 0.1) is 0 Å². The summed E-state index contributed by atoms with van der Waals surface area (Å²) in [6.07, 6.45) is 0.357. The van der Waals surface area contributed by atoms with Crippen LogP contribution in [0.2, 0.25) is 0 Å². The molecule has 24 heavy (non-hydrogen) atoms. The molecule has 1 atom stereocenters. The van der Waals surface area contributed by atoms with Crippen molar-refractivity contribution in [2.24, 2.45) is 5.92 Å². The van der Waals surface area contributed by atoms with E-state index in [-0.39, 0.29) is 18.0 Å². The van der Waals surface area contributed by atoms with E-state index in [1.807, 2.05) is 27.7 Å². The van der Waals surface area contributed by atoms with E-state index < -0.39 is 17.9 Å². The van der Waals surface area contributed by atoms with Gasteiger partial charge < -0.3 is 21.1 Å². The van der Waals surface area contributed by atoms with Gasteiger partial charge in [0.1, 0.15) is 6.04 Å². The van der Waals surface area contributed by atoms with Crippen molar-refractivity contribution in [2.45, 2.75) is 46.2 Å². The highest BCUT2D eigenvalue weighted by Gasteiger charge is 2.21. The highest BCUT2D eigenvalue weighted by Crippen LogP contribution is 2.11. The minimum absolute atomic E-state index is 0.0176. The van der Waals surface area contributed by atoms with Crippen LogP contribution in [0.15, 0.2) is 24.3 Å². The zero-order valence-corrected chi connectivity index (χ0v) is 14.4. The molecule has 7 nitrogen and oxygen atoms in total. The first-order valence-corrected chi connectivity index (χ1v) is 7.90. The number of carbonyl (C=O) groups is 3. The molecule has 7 heteroatoms. The fourth-order valence-corrected chi connectivity index (χ4v) is 2.07. The Labute approximate surface area is 141 Å². The topological polar surface area (TPSA) is 108 Å². The molecule has 0 saturated heterocycles. The normalized spacial score (nSPS) is 11.9. The minimum atomic E-state index is -1.05. The van der Waals surface area contributed by atoms with Gasteiger partial charge in [-0.25, -0.2) is 9.59 Å². The number of anilines is 1. The quantitative estimate of drug-likeness (QED) is 0.614. The predicted octanol–water partition coefficient (Wildman–Crippen LogP) is 2.45. The van der Waals surface area contributed by atoms with Gasteiger partial charge >= 0.3 is 12.0 Å². The number of urea groups is 1. The van der Waals surface area contributed by atoms with Crippen LogP contribution in [0.4, 0.5) is 10.5 Å². The lowest BCUT2D eigenvalue weighted by Gasteiger charge is -2.16. The monoisotopic (exact) mass is 335 g/mol. The lowest BCUT2D eigenvalue weighted by Crippen LogP contribution is -2.41. The van der Waals surface area contributed by atoms with E-state index in [1.54, 1.807) is 12.1 Å². The summed E-state index contributed by atoms with van der Waals surface area (Å²) in [7, 11) is 0. The van der Waals surface area contributed by atoms with E-state index in [0.717, 1.165) is 0 Å². The molecular formula is C17H25N3O4. The van der Waals surface area contributed by atoms with Gasteiger partial charge in [0, 0.05) is 17.3 Å². The summed E-state index contributed by atoms with van der Waals surface area (Å²) >= 11 is 0. The number of hydrogen-bond acceptors (Lipinski definition) is 3. The van der Waals surface area contributed by atoms with E-state index >= 15 is 0 Å². The Hall–Kier alpha value is -2.57. The number of hydrogen-bond donors (Lipinski definition) is 4. The van der Waals surface area contributed by atoms with Gasteiger partial charge in [-0.3, -0.25) is 4.79 Å². The van der Waals surface area contributed by atoms with E-state index in [4.69, 9.17) is 5.11 Å². The molecule has 0 saturated carbocycles. The third-order valence-corrected chi connectivity index (χ3v) is 3.14. The van der Waals surface area contributed by atoms with Crippen LogP contribution < -0.4 is 16.0 Å². The second kappa shape index (κ2) is 8.90. The van der Waals surface area contributed by atoms with Crippen LogP contribution in [0.3, 0.4) is 0 Å². The van der Waals surface area contributed by atoms with Crippen LogP contribution in [0.1, 0.15) is 44.5 Å². The Morgan fingerprint density at radius 2 is 1.58 bits per heavy atom. The van der Waals surface area contributed by atoms with Crippen LogP contribution in [0.25, 0.3) is 0 Å². The number of carboxylic acids is 1. The first-order chi connectivity index (χ1) is 11.2. The van der Waals surface area contributed by atoms with Crippen molar-refractivity contribution in [3.63, 3.8) is 0 Å². The molecule has 0 heterocycles. The molecule has 1 rings (SSSR count). The Morgan fingerprint density at radius 1 is 1.00 bits per heavy atom. The second-order valence-corrected chi connectivity index (χ2v) is 6.32. The van der Waals surface area contributed by atoms with Crippen molar-refractivity contribution in [1.29, 1.82) is 0 Å². The number of nitrogens with one attached hydrogen (secondary N) is 3.